The van der Waals surface area contributed by atoms with Gasteiger partial charge in [-0.05, 0) is 32.6 Å². The minimum Gasteiger partial charge on any atom is -0.300 e. The lowest BCUT2D eigenvalue weighted by Gasteiger charge is -2.25. The molecule has 1 aliphatic rings. The van der Waals surface area contributed by atoms with Crippen molar-refractivity contribution < 1.29 is 14.4 Å². The Morgan fingerprint density at radius 2 is 1.88 bits per heavy atom. The normalized spacial score (nSPS) is 18.4. The van der Waals surface area contributed by atoms with Crippen molar-refractivity contribution in [3.05, 3.63) is 12.7 Å². The van der Waals surface area contributed by atoms with Crippen LogP contribution in [0.1, 0.15) is 51.9 Å². The highest BCUT2D eigenvalue weighted by Gasteiger charge is 2.48. The van der Waals surface area contributed by atoms with E-state index in [9.17, 15) is 14.4 Å². The number of ketones is 3. The maximum Gasteiger partial charge on any atom is 0.146 e. The summed E-state index contributed by atoms with van der Waals surface area (Å²) in [6.07, 6.45) is 5.40. The van der Waals surface area contributed by atoms with Crippen LogP contribution in [0.2, 0.25) is 0 Å². The first kappa shape index (κ1) is 13.8. The van der Waals surface area contributed by atoms with E-state index in [0.717, 1.165) is 12.8 Å². The average molecular weight is 236 g/mol. The van der Waals surface area contributed by atoms with Crippen LogP contribution >= 0.6 is 0 Å². The fourth-order valence-electron chi connectivity index (χ4n) is 2.48. The van der Waals surface area contributed by atoms with Crippen LogP contribution in [0.5, 0.6) is 0 Å². The van der Waals surface area contributed by atoms with Crippen molar-refractivity contribution in [3.63, 3.8) is 0 Å². The second-order valence-electron chi connectivity index (χ2n) is 4.81. The number of rotatable bonds is 7. The smallest absolute Gasteiger partial charge is 0.146 e. The summed E-state index contributed by atoms with van der Waals surface area (Å²) in [7, 11) is 0. The van der Waals surface area contributed by atoms with E-state index in [1.54, 1.807) is 6.08 Å². The van der Waals surface area contributed by atoms with Crippen molar-refractivity contribution in [2.75, 3.05) is 0 Å². The van der Waals surface area contributed by atoms with Gasteiger partial charge in [0.25, 0.3) is 0 Å². The molecule has 94 valence electrons. The Morgan fingerprint density at radius 3 is 2.35 bits per heavy atom. The molecule has 0 radical (unpaired) electrons. The maximum atomic E-state index is 12.0. The molecule has 0 aromatic heterocycles. The topological polar surface area (TPSA) is 51.2 Å². The zero-order valence-corrected chi connectivity index (χ0v) is 10.5. The molecule has 0 saturated heterocycles. The number of hydrogen-bond donors (Lipinski definition) is 0. The molecule has 0 N–H and O–H groups in total. The molecule has 0 amide bonds. The van der Waals surface area contributed by atoms with E-state index in [0.29, 0.717) is 32.1 Å². The molecule has 3 heteroatoms. The van der Waals surface area contributed by atoms with Crippen LogP contribution in [0.25, 0.3) is 0 Å². The summed E-state index contributed by atoms with van der Waals surface area (Å²) >= 11 is 0. The first-order chi connectivity index (χ1) is 8.03. The standard InChI is InChI=1S/C14H20O3/c1-3-4-5-9-14(10-8-11(2)15)12(16)6-7-13(14)17/h3H,1,4-10H2,2H3. The second kappa shape index (κ2) is 5.89. The number of carbonyl (C=O) groups is 3. The summed E-state index contributed by atoms with van der Waals surface area (Å²) < 4.78 is 0. The third-order valence-electron chi connectivity index (χ3n) is 3.56. The first-order valence-electron chi connectivity index (χ1n) is 6.20. The van der Waals surface area contributed by atoms with Gasteiger partial charge in [-0.2, -0.15) is 0 Å². The number of unbranched alkanes of at least 4 members (excludes halogenated alkanes) is 1. The average Bonchev–Trinajstić information content (AvgIpc) is 2.55. The molecule has 1 aliphatic carbocycles. The van der Waals surface area contributed by atoms with Gasteiger partial charge < -0.3 is 4.79 Å². The lowest BCUT2D eigenvalue weighted by molar-refractivity contribution is -0.136. The van der Waals surface area contributed by atoms with Crippen LogP contribution in [-0.2, 0) is 14.4 Å². The van der Waals surface area contributed by atoms with E-state index in [2.05, 4.69) is 6.58 Å². The van der Waals surface area contributed by atoms with Gasteiger partial charge in [-0.3, -0.25) is 9.59 Å². The van der Waals surface area contributed by atoms with Crippen LogP contribution in [0.3, 0.4) is 0 Å². The lowest BCUT2D eigenvalue weighted by Crippen LogP contribution is -2.33. The van der Waals surface area contributed by atoms with Gasteiger partial charge in [-0.1, -0.05) is 6.08 Å². The number of Topliss-reactive ketones (excluding diaryl/α,β-unsaturated/α-hetero) is 3. The summed E-state index contributed by atoms with van der Waals surface area (Å²) in [5.41, 5.74) is -0.852. The Kier molecular flexibility index (Phi) is 4.79. The van der Waals surface area contributed by atoms with Crippen molar-refractivity contribution in [1.82, 2.24) is 0 Å². The zero-order chi connectivity index (χ0) is 12.9. The Morgan fingerprint density at radius 1 is 1.29 bits per heavy atom. The van der Waals surface area contributed by atoms with Gasteiger partial charge in [0.1, 0.15) is 17.3 Å². The zero-order valence-electron chi connectivity index (χ0n) is 10.5. The summed E-state index contributed by atoms with van der Waals surface area (Å²) in [6.45, 7) is 5.14. The van der Waals surface area contributed by atoms with E-state index in [1.165, 1.54) is 6.92 Å². The predicted molar refractivity (Wildman–Crippen MR) is 65.6 cm³/mol. The van der Waals surface area contributed by atoms with E-state index in [4.69, 9.17) is 0 Å². The molecule has 0 heterocycles. The molecule has 1 fully saturated rings. The summed E-state index contributed by atoms with van der Waals surface area (Å²) in [4.78, 5) is 35.0. The van der Waals surface area contributed by atoms with Crippen LogP contribution in [-0.4, -0.2) is 17.3 Å². The molecule has 1 saturated carbocycles. The van der Waals surface area contributed by atoms with Crippen molar-refractivity contribution in [3.8, 4) is 0 Å². The molecule has 0 aliphatic heterocycles. The number of hydrogen-bond acceptors (Lipinski definition) is 3. The Balaban J connectivity index is 2.75. The van der Waals surface area contributed by atoms with Crippen LogP contribution in [0.15, 0.2) is 12.7 Å². The molecule has 1 rings (SSSR count). The van der Waals surface area contributed by atoms with Crippen LogP contribution in [0, 0.1) is 5.41 Å². The largest absolute Gasteiger partial charge is 0.300 e. The van der Waals surface area contributed by atoms with Gasteiger partial charge in [0.2, 0.25) is 0 Å². The third-order valence-corrected chi connectivity index (χ3v) is 3.56. The van der Waals surface area contributed by atoms with Gasteiger partial charge in [0.05, 0.1) is 5.41 Å². The van der Waals surface area contributed by atoms with E-state index >= 15 is 0 Å². The van der Waals surface area contributed by atoms with Gasteiger partial charge in [-0.25, -0.2) is 0 Å². The molecule has 0 bridgehead atoms. The van der Waals surface area contributed by atoms with E-state index in [1.807, 2.05) is 0 Å². The highest BCUT2D eigenvalue weighted by Crippen LogP contribution is 2.40. The minimum absolute atomic E-state index is 0.0350. The molecule has 0 aromatic carbocycles. The molecule has 0 spiro atoms. The highest BCUT2D eigenvalue weighted by molar-refractivity contribution is 6.13. The fraction of sp³-hybridized carbons (Fsp3) is 0.643. The molecule has 0 atom stereocenters. The Bertz CT molecular complexity index is 325. The van der Waals surface area contributed by atoms with Gasteiger partial charge in [-0.15, -0.1) is 6.58 Å². The SMILES string of the molecule is C=CCCCC1(CCC(C)=O)C(=O)CCC1=O. The molecular weight excluding hydrogens is 216 g/mol. The van der Waals surface area contributed by atoms with Gasteiger partial charge in [0, 0.05) is 19.3 Å². The minimum atomic E-state index is -0.852. The molecule has 0 aromatic rings. The second-order valence-corrected chi connectivity index (χ2v) is 4.81. The first-order valence-corrected chi connectivity index (χ1v) is 6.20. The quantitative estimate of drug-likeness (QED) is 0.388. The number of allylic oxidation sites excluding steroid dienone is 1. The van der Waals surface area contributed by atoms with E-state index in [-0.39, 0.29) is 17.3 Å². The predicted octanol–water partition coefficient (Wildman–Crippen LogP) is 2.63. The van der Waals surface area contributed by atoms with E-state index < -0.39 is 5.41 Å². The van der Waals surface area contributed by atoms with Gasteiger partial charge >= 0.3 is 0 Å². The number of carbonyl (C=O) groups excluding carboxylic acids is 3. The summed E-state index contributed by atoms with van der Waals surface area (Å²) in [6, 6.07) is 0. The van der Waals surface area contributed by atoms with Gasteiger partial charge in [0.15, 0.2) is 0 Å². The Hall–Kier alpha value is -1.25. The lowest BCUT2D eigenvalue weighted by atomic mass is 9.75. The maximum absolute atomic E-state index is 12.0. The van der Waals surface area contributed by atoms with Crippen molar-refractivity contribution in [2.45, 2.75) is 51.9 Å². The molecular formula is C14H20O3. The molecule has 0 unspecified atom stereocenters. The fourth-order valence-corrected chi connectivity index (χ4v) is 2.48. The van der Waals surface area contributed by atoms with Crippen LogP contribution in [0.4, 0.5) is 0 Å². The van der Waals surface area contributed by atoms with Crippen molar-refractivity contribution >= 4 is 17.3 Å². The van der Waals surface area contributed by atoms with Crippen LogP contribution < -0.4 is 0 Å². The third kappa shape index (κ3) is 3.11. The van der Waals surface area contributed by atoms with Crippen molar-refractivity contribution in [2.24, 2.45) is 5.41 Å². The molecule has 3 nitrogen and oxygen atoms in total. The monoisotopic (exact) mass is 236 g/mol. The molecule has 17 heavy (non-hydrogen) atoms. The van der Waals surface area contributed by atoms with Crippen molar-refractivity contribution in [1.29, 1.82) is 0 Å². The Labute approximate surface area is 102 Å². The summed E-state index contributed by atoms with van der Waals surface area (Å²) in [5, 5.41) is 0. The summed E-state index contributed by atoms with van der Waals surface area (Å²) in [5.74, 6) is 0.112. The highest BCUT2D eigenvalue weighted by atomic mass is 16.2.